The number of fused-ring (bicyclic) bond motifs is 1. The van der Waals surface area contributed by atoms with Crippen LogP contribution in [0.25, 0.3) is 16.6 Å². The van der Waals surface area contributed by atoms with Crippen LogP contribution in [0.4, 0.5) is 0 Å². The maximum atomic E-state index is 13.1. The topological polar surface area (TPSA) is 64.2 Å². The Bertz CT molecular complexity index is 1260. The number of benzene rings is 2. The maximum absolute atomic E-state index is 13.1. The van der Waals surface area contributed by atoms with Crippen molar-refractivity contribution in [1.82, 2.24) is 14.5 Å². The molecule has 7 heteroatoms. The van der Waals surface area contributed by atoms with E-state index in [0.29, 0.717) is 23.1 Å². The highest BCUT2D eigenvalue weighted by molar-refractivity contribution is 6.35. The van der Waals surface area contributed by atoms with Crippen LogP contribution in [0.2, 0.25) is 10.0 Å². The lowest BCUT2D eigenvalue weighted by Crippen LogP contribution is -2.56. The number of imidazole rings is 1. The maximum Gasteiger partial charge on any atom is 0.242 e. The van der Waals surface area contributed by atoms with Crippen molar-refractivity contribution in [3.8, 4) is 0 Å². The molecule has 178 valence electrons. The Morgan fingerprint density at radius 3 is 2.62 bits per heavy atom. The van der Waals surface area contributed by atoms with E-state index in [1.165, 1.54) is 12.0 Å². The molecule has 1 unspecified atom stereocenters. The van der Waals surface area contributed by atoms with E-state index in [9.17, 15) is 4.79 Å². The van der Waals surface area contributed by atoms with Gasteiger partial charge in [-0.2, -0.15) is 0 Å². The van der Waals surface area contributed by atoms with E-state index in [4.69, 9.17) is 28.9 Å². The Morgan fingerprint density at radius 1 is 1.12 bits per heavy atom. The SMILES string of the molecule is CC(c1ccc(Cl)cc1Cl)n1cnc2ccc(C3=CCN(C(=O)C4(N)CCCCC4)CC3)cc21. The van der Waals surface area contributed by atoms with Crippen LogP contribution in [0, 0.1) is 0 Å². The second-order valence-electron chi connectivity index (χ2n) is 9.64. The second kappa shape index (κ2) is 9.37. The van der Waals surface area contributed by atoms with Gasteiger partial charge in [-0.3, -0.25) is 4.79 Å². The average Bonchev–Trinajstić information content (AvgIpc) is 3.27. The fraction of sp³-hybridized carbons (Fsp3) is 0.407. The number of amides is 1. The van der Waals surface area contributed by atoms with Gasteiger partial charge in [0.25, 0.3) is 0 Å². The van der Waals surface area contributed by atoms with Crippen molar-refractivity contribution >= 4 is 45.7 Å². The minimum absolute atomic E-state index is 0.00898. The van der Waals surface area contributed by atoms with Gasteiger partial charge in [0.05, 0.1) is 28.9 Å². The number of nitrogens with two attached hydrogens (primary N) is 1. The molecule has 0 bridgehead atoms. The zero-order valence-electron chi connectivity index (χ0n) is 19.4. The summed E-state index contributed by atoms with van der Waals surface area (Å²) < 4.78 is 2.15. The minimum atomic E-state index is -0.673. The standard InChI is InChI=1S/C27H30Cl2N4O/c1-18(22-7-6-21(28)16-23(22)29)33-17-31-24-8-5-20(15-25(24)33)19-9-13-32(14-10-19)26(34)27(30)11-3-2-4-12-27/h5-9,15-18H,2-4,10-14,30H2,1H3. The molecule has 1 saturated carbocycles. The monoisotopic (exact) mass is 496 g/mol. The summed E-state index contributed by atoms with van der Waals surface area (Å²) >= 11 is 12.6. The first kappa shape index (κ1) is 23.4. The summed E-state index contributed by atoms with van der Waals surface area (Å²) in [6.45, 7) is 3.43. The Kier molecular flexibility index (Phi) is 6.45. The Labute approximate surface area is 210 Å². The molecule has 1 aliphatic carbocycles. The van der Waals surface area contributed by atoms with Crippen LogP contribution < -0.4 is 5.73 Å². The van der Waals surface area contributed by atoms with Crippen LogP contribution in [0.1, 0.15) is 62.6 Å². The van der Waals surface area contributed by atoms with E-state index in [1.807, 2.05) is 23.4 Å². The van der Waals surface area contributed by atoms with Gasteiger partial charge in [-0.25, -0.2) is 4.98 Å². The zero-order chi connectivity index (χ0) is 23.9. The van der Waals surface area contributed by atoms with Gasteiger partial charge in [-0.1, -0.05) is 60.7 Å². The molecule has 0 radical (unpaired) electrons. The summed E-state index contributed by atoms with van der Waals surface area (Å²) in [7, 11) is 0. The van der Waals surface area contributed by atoms with E-state index in [0.717, 1.165) is 54.3 Å². The number of halogens is 2. The molecule has 0 saturated heterocycles. The van der Waals surface area contributed by atoms with Crippen LogP contribution in [-0.2, 0) is 4.79 Å². The van der Waals surface area contributed by atoms with Crippen LogP contribution in [0.15, 0.2) is 48.8 Å². The second-order valence-corrected chi connectivity index (χ2v) is 10.5. The molecule has 5 rings (SSSR count). The van der Waals surface area contributed by atoms with Crippen molar-refractivity contribution in [2.24, 2.45) is 5.73 Å². The zero-order valence-corrected chi connectivity index (χ0v) is 20.9. The highest BCUT2D eigenvalue weighted by Crippen LogP contribution is 2.33. The van der Waals surface area contributed by atoms with Crippen molar-refractivity contribution in [2.45, 2.75) is 57.0 Å². The summed E-state index contributed by atoms with van der Waals surface area (Å²) in [6.07, 6.45) is 9.73. The molecule has 1 atom stereocenters. The van der Waals surface area contributed by atoms with Gasteiger partial charge < -0.3 is 15.2 Å². The van der Waals surface area contributed by atoms with Crippen molar-refractivity contribution in [1.29, 1.82) is 0 Å². The molecule has 1 aromatic heterocycles. The summed E-state index contributed by atoms with van der Waals surface area (Å²) in [5.74, 6) is 0.115. The van der Waals surface area contributed by atoms with Crippen LogP contribution >= 0.6 is 23.2 Å². The van der Waals surface area contributed by atoms with Gasteiger partial charge in [0.15, 0.2) is 0 Å². The largest absolute Gasteiger partial charge is 0.337 e. The molecule has 2 N–H and O–H groups in total. The number of rotatable bonds is 4. The third kappa shape index (κ3) is 4.37. The number of hydrogen-bond acceptors (Lipinski definition) is 3. The summed E-state index contributed by atoms with van der Waals surface area (Å²) in [6, 6.07) is 12.0. The normalized spacial score (nSPS) is 19.2. The first-order chi connectivity index (χ1) is 16.4. The molecular formula is C27H30Cl2N4O. The number of carbonyl (C=O) groups excluding carboxylic acids is 1. The quantitative estimate of drug-likeness (QED) is 0.465. The van der Waals surface area contributed by atoms with Crippen molar-refractivity contribution in [3.05, 3.63) is 70.0 Å². The number of nitrogens with zero attached hydrogens (tertiary/aromatic N) is 3. The molecule has 34 heavy (non-hydrogen) atoms. The average molecular weight is 497 g/mol. The van der Waals surface area contributed by atoms with E-state index in [1.54, 1.807) is 6.07 Å². The van der Waals surface area contributed by atoms with Crippen molar-refractivity contribution in [3.63, 3.8) is 0 Å². The molecule has 1 fully saturated rings. The molecule has 2 aliphatic rings. The van der Waals surface area contributed by atoms with Gasteiger partial charge in [0.1, 0.15) is 0 Å². The molecule has 1 aliphatic heterocycles. The smallest absolute Gasteiger partial charge is 0.242 e. The predicted octanol–water partition coefficient (Wildman–Crippen LogP) is 6.23. The predicted molar refractivity (Wildman–Crippen MR) is 139 cm³/mol. The summed E-state index contributed by atoms with van der Waals surface area (Å²) in [4.78, 5) is 19.6. The molecule has 2 heterocycles. The number of carbonyl (C=O) groups is 1. The summed E-state index contributed by atoms with van der Waals surface area (Å²) in [5.41, 5.74) is 11.2. The lowest BCUT2D eigenvalue weighted by Gasteiger charge is -2.38. The molecule has 5 nitrogen and oxygen atoms in total. The molecule has 0 spiro atoms. The van der Waals surface area contributed by atoms with Crippen LogP contribution in [-0.4, -0.2) is 39.0 Å². The van der Waals surface area contributed by atoms with E-state index < -0.39 is 5.54 Å². The van der Waals surface area contributed by atoms with Crippen LogP contribution in [0.5, 0.6) is 0 Å². The summed E-state index contributed by atoms with van der Waals surface area (Å²) in [5, 5.41) is 1.27. The van der Waals surface area contributed by atoms with E-state index >= 15 is 0 Å². The lowest BCUT2D eigenvalue weighted by atomic mass is 9.81. The third-order valence-corrected chi connectivity index (χ3v) is 8.01. The number of hydrogen-bond donors (Lipinski definition) is 1. The third-order valence-electron chi connectivity index (χ3n) is 7.44. The first-order valence-corrected chi connectivity index (χ1v) is 12.8. The number of aromatic nitrogens is 2. The Morgan fingerprint density at radius 2 is 1.91 bits per heavy atom. The molecule has 1 amide bonds. The van der Waals surface area contributed by atoms with Gasteiger partial charge in [0.2, 0.25) is 5.91 Å². The lowest BCUT2D eigenvalue weighted by molar-refractivity contribution is -0.137. The fourth-order valence-electron chi connectivity index (χ4n) is 5.35. The van der Waals surface area contributed by atoms with Crippen molar-refractivity contribution < 1.29 is 4.79 Å². The van der Waals surface area contributed by atoms with Gasteiger partial charge >= 0.3 is 0 Å². The van der Waals surface area contributed by atoms with Gasteiger partial charge in [-0.05, 0) is 67.2 Å². The minimum Gasteiger partial charge on any atom is -0.337 e. The van der Waals surface area contributed by atoms with Gasteiger partial charge in [-0.15, -0.1) is 0 Å². The van der Waals surface area contributed by atoms with Gasteiger partial charge in [0, 0.05) is 23.1 Å². The molecular weight excluding hydrogens is 467 g/mol. The highest BCUT2D eigenvalue weighted by atomic mass is 35.5. The van der Waals surface area contributed by atoms with Crippen molar-refractivity contribution in [2.75, 3.05) is 13.1 Å². The Hall–Kier alpha value is -2.34. The highest BCUT2D eigenvalue weighted by Gasteiger charge is 2.38. The molecule has 3 aromatic rings. The van der Waals surface area contributed by atoms with Crippen LogP contribution in [0.3, 0.4) is 0 Å². The van der Waals surface area contributed by atoms with E-state index in [-0.39, 0.29) is 11.9 Å². The van der Waals surface area contributed by atoms with E-state index in [2.05, 4.69) is 40.7 Å². The first-order valence-electron chi connectivity index (χ1n) is 12.0. The molecule has 2 aromatic carbocycles. The Balaban J connectivity index is 1.38. The fourth-order valence-corrected chi connectivity index (χ4v) is 5.92.